The van der Waals surface area contributed by atoms with E-state index in [1.165, 1.54) is 11.1 Å². The summed E-state index contributed by atoms with van der Waals surface area (Å²) >= 11 is 0. The third-order valence-electron chi connectivity index (χ3n) is 3.69. The monoisotopic (exact) mass is 217 g/mol. The molecule has 1 unspecified atom stereocenters. The Balaban J connectivity index is 2.10. The molecule has 80 valence electrons. The minimum Gasteiger partial charge on any atom is -0.251 e. The first-order valence-electron chi connectivity index (χ1n) is 5.85. The van der Waals surface area contributed by atoms with E-state index in [2.05, 4.69) is 60.7 Å². The number of allylic oxidation sites excluding steroid dienone is 8. The molecule has 0 saturated carbocycles. The summed E-state index contributed by atoms with van der Waals surface area (Å²) in [6, 6.07) is 8.41. The van der Waals surface area contributed by atoms with Crippen molar-refractivity contribution in [2.24, 2.45) is 4.99 Å². The van der Waals surface area contributed by atoms with Crippen LogP contribution in [0.2, 0.25) is 0 Å². The Kier molecular flexibility index (Phi) is 1.55. The molecule has 1 heteroatoms. The van der Waals surface area contributed by atoms with E-state index < -0.39 is 0 Å². The van der Waals surface area contributed by atoms with E-state index in [0.29, 0.717) is 0 Å². The maximum absolute atomic E-state index is 4.75. The van der Waals surface area contributed by atoms with E-state index in [4.69, 9.17) is 4.99 Å². The first kappa shape index (κ1) is 8.94. The van der Waals surface area contributed by atoms with E-state index in [9.17, 15) is 0 Å². The van der Waals surface area contributed by atoms with Crippen molar-refractivity contribution >= 4 is 11.4 Å². The molecule has 1 atom stereocenters. The maximum Gasteiger partial charge on any atom is 0.0828 e. The molecule has 0 bridgehead atoms. The second-order valence-electron chi connectivity index (χ2n) is 4.52. The average Bonchev–Trinajstić information content (AvgIpc) is 2.71. The van der Waals surface area contributed by atoms with Gasteiger partial charge in [-0.3, -0.25) is 4.99 Å². The lowest BCUT2D eigenvalue weighted by Gasteiger charge is -2.32. The molecule has 2 aliphatic carbocycles. The Bertz CT molecular complexity index is 656. The second-order valence-corrected chi connectivity index (χ2v) is 4.52. The fourth-order valence-corrected chi connectivity index (χ4v) is 2.92. The van der Waals surface area contributed by atoms with Gasteiger partial charge in [-0.2, -0.15) is 0 Å². The van der Waals surface area contributed by atoms with Gasteiger partial charge >= 0.3 is 0 Å². The summed E-state index contributed by atoms with van der Waals surface area (Å²) < 4.78 is 0. The van der Waals surface area contributed by atoms with Gasteiger partial charge in [0.1, 0.15) is 0 Å². The summed E-state index contributed by atoms with van der Waals surface area (Å²) in [5.41, 5.74) is 4.72. The number of aliphatic imine (C=N–C) groups is 1. The molecule has 17 heavy (non-hydrogen) atoms. The summed E-state index contributed by atoms with van der Waals surface area (Å²) in [5, 5.41) is 0. The highest BCUT2D eigenvalue weighted by Crippen LogP contribution is 2.49. The molecule has 1 spiro atoms. The van der Waals surface area contributed by atoms with Crippen LogP contribution in [0.15, 0.2) is 77.4 Å². The zero-order chi connectivity index (χ0) is 11.3. The number of para-hydroxylation sites is 1. The Hall–Kier alpha value is -2.15. The smallest absolute Gasteiger partial charge is 0.0828 e. The molecule has 0 aromatic heterocycles. The molecular weight excluding hydrogens is 206 g/mol. The van der Waals surface area contributed by atoms with Crippen molar-refractivity contribution in [3.63, 3.8) is 0 Å². The van der Waals surface area contributed by atoms with Crippen LogP contribution in [-0.2, 0) is 5.41 Å². The van der Waals surface area contributed by atoms with Crippen LogP contribution in [0, 0.1) is 0 Å². The SMILES string of the molecule is C1=CC2=CC=CC3=Nc4ccccc4C23C=C1. The van der Waals surface area contributed by atoms with Gasteiger partial charge in [0.15, 0.2) is 0 Å². The van der Waals surface area contributed by atoms with Crippen LogP contribution < -0.4 is 0 Å². The third kappa shape index (κ3) is 0.967. The summed E-state index contributed by atoms with van der Waals surface area (Å²) in [6.45, 7) is 0. The number of fused-ring (bicyclic) bond motifs is 1. The summed E-state index contributed by atoms with van der Waals surface area (Å²) in [4.78, 5) is 4.75. The molecular formula is C16H11N. The van der Waals surface area contributed by atoms with Crippen LogP contribution in [0.4, 0.5) is 5.69 Å². The van der Waals surface area contributed by atoms with Crippen LogP contribution >= 0.6 is 0 Å². The molecule has 0 amide bonds. The average molecular weight is 217 g/mol. The molecule has 0 saturated heterocycles. The Morgan fingerprint density at radius 1 is 0.941 bits per heavy atom. The van der Waals surface area contributed by atoms with Crippen molar-refractivity contribution in [2.45, 2.75) is 5.41 Å². The highest BCUT2D eigenvalue weighted by molar-refractivity contribution is 6.14. The zero-order valence-electron chi connectivity index (χ0n) is 9.30. The molecule has 0 N–H and O–H groups in total. The Morgan fingerprint density at radius 3 is 2.88 bits per heavy atom. The fraction of sp³-hybridized carbons (Fsp3) is 0.0625. The third-order valence-corrected chi connectivity index (χ3v) is 3.69. The topological polar surface area (TPSA) is 12.4 Å². The lowest BCUT2D eigenvalue weighted by atomic mass is 9.68. The quantitative estimate of drug-likeness (QED) is 0.629. The first-order chi connectivity index (χ1) is 8.41. The van der Waals surface area contributed by atoms with Crippen molar-refractivity contribution in [3.8, 4) is 0 Å². The van der Waals surface area contributed by atoms with Crippen molar-refractivity contribution < 1.29 is 0 Å². The van der Waals surface area contributed by atoms with Crippen LogP contribution in [0.3, 0.4) is 0 Å². The van der Waals surface area contributed by atoms with E-state index in [-0.39, 0.29) is 5.41 Å². The van der Waals surface area contributed by atoms with E-state index in [1.54, 1.807) is 0 Å². The van der Waals surface area contributed by atoms with Gasteiger partial charge in [-0.05, 0) is 23.3 Å². The van der Waals surface area contributed by atoms with Gasteiger partial charge in [0.05, 0.1) is 16.8 Å². The number of benzene rings is 1. The van der Waals surface area contributed by atoms with E-state index in [0.717, 1.165) is 11.4 Å². The lowest BCUT2D eigenvalue weighted by Crippen LogP contribution is -2.34. The molecule has 1 aliphatic heterocycles. The van der Waals surface area contributed by atoms with Gasteiger partial charge in [-0.1, -0.05) is 54.7 Å². The molecule has 1 aromatic rings. The Labute approximate surface area is 100 Å². The number of nitrogens with zero attached hydrogens (tertiary/aromatic N) is 1. The highest BCUT2D eigenvalue weighted by atomic mass is 14.8. The molecule has 4 rings (SSSR count). The van der Waals surface area contributed by atoms with Gasteiger partial charge in [0, 0.05) is 0 Å². The fourth-order valence-electron chi connectivity index (χ4n) is 2.92. The molecule has 3 aliphatic rings. The maximum atomic E-state index is 4.75. The minimum atomic E-state index is -0.125. The highest BCUT2D eigenvalue weighted by Gasteiger charge is 2.43. The van der Waals surface area contributed by atoms with E-state index >= 15 is 0 Å². The molecule has 1 aromatic carbocycles. The normalized spacial score (nSPS) is 27.1. The van der Waals surface area contributed by atoms with Gasteiger partial charge < -0.3 is 0 Å². The zero-order valence-corrected chi connectivity index (χ0v) is 9.30. The summed E-state index contributed by atoms with van der Waals surface area (Å²) in [5.74, 6) is 0. The lowest BCUT2D eigenvalue weighted by molar-refractivity contribution is 0.882. The summed E-state index contributed by atoms with van der Waals surface area (Å²) in [6.07, 6.45) is 15.0. The summed E-state index contributed by atoms with van der Waals surface area (Å²) in [7, 11) is 0. The second kappa shape index (κ2) is 2.95. The standard InChI is InChI=1S/C16H11N/c1-2-9-14-13(8-1)16-11-4-3-6-12(16)7-5-10-15(16)17-14/h1-11H. The van der Waals surface area contributed by atoms with Crippen molar-refractivity contribution in [1.29, 1.82) is 0 Å². The largest absolute Gasteiger partial charge is 0.251 e. The van der Waals surface area contributed by atoms with Gasteiger partial charge in [-0.25, -0.2) is 0 Å². The van der Waals surface area contributed by atoms with Crippen LogP contribution in [-0.4, -0.2) is 5.71 Å². The van der Waals surface area contributed by atoms with Crippen LogP contribution in [0.1, 0.15) is 5.56 Å². The number of hydrogen-bond donors (Lipinski definition) is 0. The molecule has 1 heterocycles. The predicted octanol–water partition coefficient (Wildman–Crippen LogP) is 3.63. The predicted molar refractivity (Wildman–Crippen MR) is 70.7 cm³/mol. The van der Waals surface area contributed by atoms with Crippen LogP contribution in [0.25, 0.3) is 0 Å². The van der Waals surface area contributed by atoms with Gasteiger partial charge in [0.2, 0.25) is 0 Å². The molecule has 0 fully saturated rings. The van der Waals surface area contributed by atoms with Crippen molar-refractivity contribution in [3.05, 3.63) is 77.9 Å². The number of rotatable bonds is 0. The minimum absolute atomic E-state index is 0.125. The number of hydrogen-bond acceptors (Lipinski definition) is 1. The first-order valence-corrected chi connectivity index (χ1v) is 5.85. The molecule has 1 nitrogen and oxygen atoms in total. The van der Waals surface area contributed by atoms with Gasteiger partial charge in [0.25, 0.3) is 0 Å². The van der Waals surface area contributed by atoms with Crippen molar-refractivity contribution in [2.75, 3.05) is 0 Å². The Morgan fingerprint density at radius 2 is 1.88 bits per heavy atom. The molecule has 0 radical (unpaired) electrons. The van der Waals surface area contributed by atoms with Gasteiger partial charge in [-0.15, -0.1) is 0 Å². The van der Waals surface area contributed by atoms with Crippen LogP contribution in [0.5, 0.6) is 0 Å². The van der Waals surface area contributed by atoms with E-state index in [1.807, 2.05) is 6.07 Å². The van der Waals surface area contributed by atoms with Crippen molar-refractivity contribution in [1.82, 2.24) is 0 Å².